The molecular weight excluding hydrogens is 292 g/mol. The molecule has 1 aliphatic carbocycles. The summed E-state index contributed by atoms with van der Waals surface area (Å²) in [4.78, 5) is 15.0. The maximum absolute atomic E-state index is 12.8. The molecule has 1 aromatic rings. The number of ether oxygens (including phenoxy) is 1. The summed E-state index contributed by atoms with van der Waals surface area (Å²) >= 11 is 0. The second-order valence-corrected chi connectivity index (χ2v) is 7.07. The van der Waals surface area contributed by atoms with Crippen LogP contribution < -0.4 is 0 Å². The van der Waals surface area contributed by atoms with Gasteiger partial charge in [0.2, 0.25) is 10.0 Å². The minimum Gasteiger partial charge on any atom is -0.461 e. The number of aryl methyl sites for hydroxylation is 1. The molecule has 6 nitrogen and oxygen atoms in total. The first-order valence-corrected chi connectivity index (χ1v) is 8.66. The second kappa shape index (κ2) is 5.81. The number of esters is 1. The fourth-order valence-electron chi connectivity index (χ4n) is 2.63. The number of hydrogen-bond donors (Lipinski definition) is 1. The molecule has 0 bridgehead atoms. The fourth-order valence-corrected chi connectivity index (χ4v) is 4.74. The Hall–Kier alpha value is -1.34. The van der Waals surface area contributed by atoms with Gasteiger partial charge in [0, 0.05) is 23.8 Å². The summed E-state index contributed by atoms with van der Waals surface area (Å²) in [5.41, 5.74) is 1.14. The molecule has 0 saturated heterocycles. The van der Waals surface area contributed by atoms with Crippen molar-refractivity contribution in [2.45, 2.75) is 51.5 Å². The van der Waals surface area contributed by atoms with Crippen LogP contribution in [-0.2, 0) is 14.8 Å². The number of sulfonamides is 1. The van der Waals surface area contributed by atoms with E-state index in [1.807, 2.05) is 6.92 Å². The summed E-state index contributed by atoms with van der Waals surface area (Å²) in [6, 6.07) is 0.0970. The first-order chi connectivity index (χ1) is 9.84. The number of nitrogens with zero attached hydrogens (tertiary/aromatic N) is 1. The lowest BCUT2D eigenvalue weighted by Crippen LogP contribution is -2.33. The Morgan fingerprint density at radius 2 is 1.95 bits per heavy atom. The van der Waals surface area contributed by atoms with Crippen LogP contribution >= 0.6 is 0 Å². The molecule has 1 saturated carbocycles. The van der Waals surface area contributed by atoms with Crippen LogP contribution in [0.1, 0.15) is 48.4 Å². The zero-order chi connectivity index (χ0) is 15.8. The molecule has 0 aromatic carbocycles. The van der Waals surface area contributed by atoms with E-state index in [0.717, 1.165) is 12.8 Å². The van der Waals surface area contributed by atoms with E-state index in [2.05, 4.69) is 4.98 Å². The highest BCUT2D eigenvalue weighted by atomic mass is 32.2. The third-order valence-corrected chi connectivity index (χ3v) is 5.98. The molecule has 1 N–H and O–H groups in total. The molecule has 0 radical (unpaired) electrons. The topological polar surface area (TPSA) is 79.5 Å². The van der Waals surface area contributed by atoms with Gasteiger partial charge in [-0.15, -0.1) is 0 Å². The summed E-state index contributed by atoms with van der Waals surface area (Å²) < 4.78 is 32.1. The second-order valence-electron chi connectivity index (χ2n) is 5.24. The fraction of sp³-hybridized carbons (Fsp3) is 0.643. The van der Waals surface area contributed by atoms with Gasteiger partial charge in [-0.2, -0.15) is 4.31 Å². The van der Waals surface area contributed by atoms with Gasteiger partial charge in [-0.3, -0.25) is 0 Å². The van der Waals surface area contributed by atoms with Gasteiger partial charge < -0.3 is 9.72 Å². The van der Waals surface area contributed by atoms with Crippen molar-refractivity contribution < 1.29 is 17.9 Å². The van der Waals surface area contributed by atoms with E-state index in [9.17, 15) is 13.2 Å². The van der Waals surface area contributed by atoms with Gasteiger partial charge in [0.05, 0.1) is 6.61 Å². The number of hydrogen-bond acceptors (Lipinski definition) is 4. The number of carbonyl (C=O) groups excluding carboxylic acids is 1. The Balaban J connectivity index is 2.46. The molecule has 1 aliphatic rings. The Bertz CT molecular complexity index is 644. The van der Waals surface area contributed by atoms with E-state index in [1.54, 1.807) is 20.8 Å². The Morgan fingerprint density at radius 1 is 1.33 bits per heavy atom. The normalized spacial score (nSPS) is 15.5. The van der Waals surface area contributed by atoms with Crippen molar-refractivity contribution in [3.63, 3.8) is 0 Å². The maximum Gasteiger partial charge on any atom is 0.355 e. The molecule has 0 unspecified atom stereocenters. The number of H-pyrrole nitrogens is 1. The smallest absolute Gasteiger partial charge is 0.355 e. The molecule has 0 spiro atoms. The average molecular weight is 314 g/mol. The lowest BCUT2D eigenvalue weighted by atomic mass is 10.2. The van der Waals surface area contributed by atoms with E-state index in [1.165, 1.54) is 4.31 Å². The molecule has 0 amide bonds. The average Bonchev–Trinajstić information content (AvgIpc) is 3.15. The van der Waals surface area contributed by atoms with Crippen LogP contribution in [-0.4, -0.2) is 42.9 Å². The van der Waals surface area contributed by atoms with Crippen molar-refractivity contribution in [3.05, 3.63) is 17.0 Å². The summed E-state index contributed by atoms with van der Waals surface area (Å²) in [5, 5.41) is 0. The predicted molar refractivity (Wildman–Crippen MR) is 78.8 cm³/mol. The minimum absolute atomic E-state index is 0.0970. The number of nitrogens with one attached hydrogen (secondary N) is 1. The van der Waals surface area contributed by atoms with Crippen LogP contribution in [0.25, 0.3) is 0 Å². The number of carbonyl (C=O) groups is 1. The van der Waals surface area contributed by atoms with E-state index in [-0.39, 0.29) is 23.2 Å². The molecule has 2 rings (SSSR count). The van der Waals surface area contributed by atoms with Crippen molar-refractivity contribution in [1.29, 1.82) is 0 Å². The zero-order valence-electron chi connectivity index (χ0n) is 12.9. The van der Waals surface area contributed by atoms with Gasteiger partial charge in [-0.1, -0.05) is 6.92 Å². The van der Waals surface area contributed by atoms with E-state index in [0.29, 0.717) is 17.8 Å². The Labute approximate surface area is 125 Å². The van der Waals surface area contributed by atoms with Gasteiger partial charge in [-0.05, 0) is 33.6 Å². The summed E-state index contributed by atoms with van der Waals surface area (Å²) in [7, 11) is -3.58. The van der Waals surface area contributed by atoms with Gasteiger partial charge in [0.15, 0.2) is 0 Å². The number of aromatic nitrogens is 1. The molecule has 1 fully saturated rings. The number of rotatable bonds is 6. The molecular formula is C14H22N2O4S. The van der Waals surface area contributed by atoms with E-state index >= 15 is 0 Å². The standard InChI is InChI=1S/C14H22N2O4S/c1-5-16(11-7-8-11)21(18,19)13-9(3)12(15-10(13)4)14(17)20-6-2/h11,15H,5-8H2,1-4H3. The third kappa shape index (κ3) is 2.85. The van der Waals surface area contributed by atoms with Crippen molar-refractivity contribution in [2.24, 2.45) is 0 Å². The van der Waals surface area contributed by atoms with Crippen LogP contribution in [0.15, 0.2) is 4.90 Å². The van der Waals surface area contributed by atoms with Crippen molar-refractivity contribution in [1.82, 2.24) is 9.29 Å². The maximum atomic E-state index is 12.8. The Morgan fingerprint density at radius 3 is 2.43 bits per heavy atom. The summed E-state index contributed by atoms with van der Waals surface area (Å²) in [6.45, 7) is 7.55. The molecule has 0 atom stereocenters. The highest BCUT2D eigenvalue weighted by molar-refractivity contribution is 7.89. The minimum atomic E-state index is -3.58. The molecule has 1 aromatic heterocycles. The largest absolute Gasteiger partial charge is 0.461 e. The lowest BCUT2D eigenvalue weighted by molar-refractivity contribution is 0.0519. The van der Waals surface area contributed by atoms with E-state index < -0.39 is 16.0 Å². The van der Waals surface area contributed by atoms with Gasteiger partial charge >= 0.3 is 5.97 Å². The van der Waals surface area contributed by atoms with Crippen LogP contribution in [0.4, 0.5) is 0 Å². The summed E-state index contributed by atoms with van der Waals surface area (Å²) in [5.74, 6) is -0.519. The van der Waals surface area contributed by atoms with Crippen LogP contribution in [0.2, 0.25) is 0 Å². The molecule has 118 valence electrons. The van der Waals surface area contributed by atoms with Crippen LogP contribution in [0, 0.1) is 13.8 Å². The molecule has 0 aliphatic heterocycles. The predicted octanol–water partition coefficient (Wildman–Crippen LogP) is 1.98. The quantitative estimate of drug-likeness (QED) is 0.814. The van der Waals surface area contributed by atoms with Gasteiger partial charge in [-0.25, -0.2) is 13.2 Å². The zero-order valence-corrected chi connectivity index (χ0v) is 13.7. The Kier molecular flexibility index (Phi) is 4.43. The van der Waals surface area contributed by atoms with Crippen LogP contribution in [0.5, 0.6) is 0 Å². The third-order valence-electron chi connectivity index (χ3n) is 3.68. The van der Waals surface area contributed by atoms with Crippen molar-refractivity contribution in [2.75, 3.05) is 13.2 Å². The first kappa shape index (κ1) is 16.0. The van der Waals surface area contributed by atoms with Gasteiger partial charge in [0.25, 0.3) is 0 Å². The lowest BCUT2D eigenvalue weighted by Gasteiger charge is -2.20. The molecule has 1 heterocycles. The highest BCUT2D eigenvalue weighted by Gasteiger charge is 2.39. The SMILES string of the molecule is CCOC(=O)c1[nH]c(C)c(S(=O)(=O)N(CC)C2CC2)c1C. The summed E-state index contributed by atoms with van der Waals surface area (Å²) in [6.07, 6.45) is 1.81. The molecule has 7 heteroatoms. The first-order valence-electron chi connectivity index (χ1n) is 7.22. The van der Waals surface area contributed by atoms with Crippen molar-refractivity contribution in [3.8, 4) is 0 Å². The van der Waals surface area contributed by atoms with Gasteiger partial charge in [0.1, 0.15) is 10.6 Å². The number of aromatic amines is 1. The monoisotopic (exact) mass is 314 g/mol. The van der Waals surface area contributed by atoms with E-state index in [4.69, 9.17) is 4.74 Å². The van der Waals surface area contributed by atoms with Crippen molar-refractivity contribution >= 4 is 16.0 Å². The van der Waals surface area contributed by atoms with Crippen LogP contribution in [0.3, 0.4) is 0 Å². The molecule has 21 heavy (non-hydrogen) atoms. The highest BCUT2D eigenvalue weighted by Crippen LogP contribution is 2.34.